The third kappa shape index (κ3) is 3.93. The third-order valence-electron chi connectivity index (χ3n) is 3.09. The molecular formula is C17H19NO2. The minimum absolute atomic E-state index is 0.251. The molecule has 0 bridgehead atoms. The predicted molar refractivity (Wildman–Crippen MR) is 79.0 cm³/mol. The van der Waals surface area contributed by atoms with Gasteiger partial charge in [-0.2, -0.15) is 0 Å². The molecule has 104 valence electrons. The van der Waals surface area contributed by atoms with Crippen molar-refractivity contribution in [1.29, 1.82) is 0 Å². The van der Waals surface area contributed by atoms with E-state index in [2.05, 4.69) is 0 Å². The lowest BCUT2D eigenvalue weighted by Crippen LogP contribution is -2.48. The predicted octanol–water partition coefficient (Wildman–Crippen LogP) is 2.69. The summed E-state index contributed by atoms with van der Waals surface area (Å²) in [5.74, 6) is -0.384. The highest BCUT2D eigenvalue weighted by molar-refractivity contribution is 5.80. The van der Waals surface area contributed by atoms with E-state index in [9.17, 15) is 4.79 Å². The first kappa shape index (κ1) is 14.3. The van der Waals surface area contributed by atoms with Crippen LogP contribution in [-0.2, 0) is 22.6 Å². The molecule has 2 aromatic rings. The quantitative estimate of drug-likeness (QED) is 0.849. The summed E-state index contributed by atoms with van der Waals surface area (Å²) in [6, 6.07) is 19.3. The number of carbonyl (C=O) groups excluding carboxylic acids is 1. The van der Waals surface area contributed by atoms with Crippen LogP contribution in [0.1, 0.15) is 18.1 Å². The standard InChI is InChI=1S/C17H19NO2/c1-17(18,12-14-8-4-2-5-9-14)16(19)20-13-15-10-6-3-7-11-15/h2-11H,12-13,18H2,1H3/t17-/m0/s1. The lowest BCUT2D eigenvalue weighted by Gasteiger charge is -2.22. The molecule has 1 atom stereocenters. The minimum atomic E-state index is -1.02. The van der Waals surface area contributed by atoms with E-state index >= 15 is 0 Å². The lowest BCUT2D eigenvalue weighted by molar-refractivity contribution is -0.150. The number of hydrogen-bond donors (Lipinski definition) is 1. The summed E-state index contributed by atoms with van der Waals surface area (Å²) in [5.41, 5.74) is 7.04. The van der Waals surface area contributed by atoms with Crippen molar-refractivity contribution in [2.24, 2.45) is 5.73 Å². The fourth-order valence-electron chi connectivity index (χ4n) is 1.98. The molecule has 0 aliphatic carbocycles. The number of carbonyl (C=O) groups is 1. The van der Waals surface area contributed by atoms with Gasteiger partial charge >= 0.3 is 5.97 Å². The highest BCUT2D eigenvalue weighted by atomic mass is 16.5. The van der Waals surface area contributed by atoms with Crippen molar-refractivity contribution < 1.29 is 9.53 Å². The first-order valence-electron chi connectivity index (χ1n) is 6.62. The minimum Gasteiger partial charge on any atom is -0.459 e. The Labute approximate surface area is 119 Å². The van der Waals surface area contributed by atoms with Crippen LogP contribution in [0.5, 0.6) is 0 Å². The van der Waals surface area contributed by atoms with Gasteiger partial charge < -0.3 is 10.5 Å². The van der Waals surface area contributed by atoms with Crippen LogP contribution in [0.2, 0.25) is 0 Å². The number of hydrogen-bond acceptors (Lipinski definition) is 3. The van der Waals surface area contributed by atoms with Crippen LogP contribution in [-0.4, -0.2) is 11.5 Å². The lowest BCUT2D eigenvalue weighted by atomic mass is 9.94. The van der Waals surface area contributed by atoms with Crippen LogP contribution in [0.3, 0.4) is 0 Å². The molecule has 2 rings (SSSR count). The summed E-state index contributed by atoms with van der Waals surface area (Å²) in [7, 11) is 0. The van der Waals surface area contributed by atoms with E-state index in [0.717, 1.165) is 11.1 Å². The summed E-state index contributed by atoms with van der Waals surface area (Å²) < 4.78 is 5.30. The normalized spacial score (nSPS) is 13.5. The molecule has 0 spiro atoms. The zero-order valence-corrected chi connectivity index (χ0v) is 11.6. The Morgan fingerprint density at radius 3 is 2.05 bits per heavy atom. The van der Waals surface area contributed by atoms with E-state index in [1.54, 1.807) is 6.92 Å². The van der Waals surface area contributed by atoms with Crippen LogP contribution < -0.4 is 5.73 Å². The van der Waals surface area contributed by atoms with Gasteiger partial charge in [-0.05, 0) is 18.1 Å². The van der Waals surface area contributed by atoms with Gasteiger partial charge in [0.15, 0.2) is 0 Å². The average Bonchev–Trinajstić information content (AvgIpc) is 2.46. The van der Waals surface area contributed by atoms with E-state index < -0.39 is 5.54 Å². The summed E-state index contributed by atoms with van der Waals surface area (Å²) in [5, 5.41) is 0. The molecule has 3 heteroatoms. The first-order valence-corrected chi connectivity index (χ1v) is 6.62. The van der Waals surface area contributed by atoms with Gasteiger partial charge in [0.05, 0.1) is 0 Å². The maximum Gasteiger partial charge on any atom is 0.326 e. The number of nitrogens with two attached hydrogens (primary N) is 1. The molecule has 0 heterocycles. The van der Waals surface area contributed by atoms with E-state index in [4.69, 9.17) is 10.5 Å². The second-order valence-corrected chi connectivity index (χ2v) is 5.14. The van der Waals surface area contributed by atoms with Gasteiger partial charge in [0.1, 0.15) is 12.1 Å². The molecule has 20 heavy (non-hydrogen) atoms. The summed E-state index contributed by atoms with van der Waals surface area (Å²) in [4.78, 5) is 12.1. The smallest absolute Gasteiger partial charge is 0.326 e. The number of ether oxygens (including phenoxy) is 1. The van der Waals surface area contributed by atoms with Crippen molar-refractivity contribution in [3.63, 3.8) is 0 Å². The molecule has 2 N–H and O–H groups in total. The topological polar surface area (TPSA) is 52.3 Å². The molecule has 0 aliphatic rings. The van der Waals surface area contributed by atoms with Crippen molar-refractivity contribution in [3.8, 4) is 0 Å². The number of rotatable bonds is 5. The Bertz CT molecular complexity index is 550. The first-order chi connectivity index (χ1) is 9.58. The van der Waals surface area contributed by atoms with E-state index in [0.29, 0.717) is 6.42 Å². The van der Waals surface area contributed by atoms with Crippen molar-refractivity contribution >= 4 is 5.97 Å². The van der Waals surface area contributed by atoms with Gasteiger partial charge in [-0.15, -0.1) is 0 Å². The van der Waals surface area contributed by atoms with Crippen molar-refractivity contribution in [1.82, 2.24) is 0 Å². The van der Waals surface area contributed by atoms with Crippen LogP contribution in [0.4, 0.5) is 0 Å². The molecule has 3 nitrogen and oxygen atoms in total. The maximum absolute atomic E-state index is 12.1. The zero-order valence-electron chi connectivity index (χ0n) is 11.6. The molecule has 0 unspecified atom stereocenters. The highest BCUT2D eigenvalue weighted by Gasteiger charge is 2.30. The fourth-order valence-corrected chi connectivity index (χ4v) is 1.98. The number of benzene rings is 2. The Kier molecular flexibility index (Phi) is 4.53. The Hall–Kier alpha value is -2.13. The summed E-state index contributed by atoms with van der Waals surface area (Å²) in [6.45, 7) is 1.95. The van der Waals surface area contributed by atoms with Gasteiger partial charge in [0.25, 0.3) is 0 Å². The molecular weight excluding hydrogens is 250 g/mol. The van der Waals surface area contributed by atoms with E-state index in [1.165, 1.54) is 0 Å². The van der Waals surface area contributed by atoms with Gasteiger partial charge in [0, 0.05) is 6.42 Å². The fraction of sp³-hybridized carbons (Fsp3) is 0.235. The molecule has 2 aromatic carbocycles. The van der Waals surface area contributed by atoms with Crippen LogP contribution in [0.25, 0.3) is 0 Å². The Balaban J connectivity index is 1.93. The average molecular weight is 269 g/mol. The van der Waals surface area contributed by atoms with Crippen molar-refractivity contribution in [2.75, 3.05) is 0 Å². The second kappa shape index (κ2) is 6.35. The van der Waals surface area contributed by atoms with Crippen LogP contribution in [0.15, 0.2) is 60.7 Å². The Morgan fingerprint density at radius 2 is 1.50 bits per heavy atom. The van der Waals surface area contributed by atoms with Gasteiger partial charge in [-0.1, -0.05) is 60.7 Å². The maximum atomic E-state index is 12.1. The largest absolute Gasteiger partial charge is 0.459 e. The van der Waals surface area contributed by atoms with E-state index in [1.807, 2.05) is 60.7 Å². The molecule has 0 aliphatic heterocycles. The second-order valence-electron chi connectivity index (χ2n) is 5.14. The summed E-state index contributed by atoms with van der Waals surface area (Å²) >= 11 is 0. The third-order valence-corrected chi connectivity index (χ3v) is 3.09. The molecule has 0 amide bonds. The SMILES string of the molecule is C[C@](N)(Cc1ccccc1)C(=O)OCc1ccccc1. The van der Waals surface area contributed by atoms with Crippen molar-refractivity contribution in [2.45, 2.75) is 25.5 Å². The molecule has 0 radical (unpaired) electrons. The van der Waals surface area contributed by atoms with Crippen molar-refractivity contribution in [3.05, 3.63) is 71.8 Å². The molecule has 0 aromatic heterocycles. The van der Waals surface area contributed by atoms with E-state index in [-0.39, 0.29) is 12.6 Å². The zero-order chi connectivity index (χ0) is 14.4. The molecule has 0 saturated heterocycles. The van der Waals surface area contributed by atoms with Gasteiger partial charge in [-0.25, -0.2) is 0 Å². The van der Waals surface area contributed by atoms with Gasteiger partial charge in [0.2, 0.25) is 0 Å². The van der Waals surface area contributed by atoms with Gasteiger partial charge in [-0.3, -0.25) is 4.79 Å². The number of esters is 1. The molecule has 0 saturated carbocycles. The highest BCUT2D eigenvalue weighted by Crippen LogP contribution is 2.13. The summed E-state index contributed by atoms with van der Waals surface area (Å²) in [6.07, 6.45) is 0.460. The monoisotopic (exact) mass is 269 g/mol. The molecule has 0 fully saturated rings. The van der Waals surface area contributed by atoms with Crippen LogP contribution >= 0.6 is 0 Å². The Morgan fingerprint density at radius 1 is 1.00 bits per heavy atom. The van der Waals surface area contributed by atoms with Crippen LogP contribution in [0, 0.1) is 0 Å².